The van der Waals surface area contributed by atoms with Crippen molar-refractivity contribution in [3.63, 3.8) is 0 Å². The first-order valence-corrected chi connectivity index (χ1v) is 11.5. The Hall–Kier alpha value is -4.30. The standard InChI is InChI=1S/C28H25N3O5/c1-33-18-11-9-17(10-12-18)28-23(16-7-5-4-6-8-16)20-15-30-26(29)31-25(20)27(28,32)24-21(35-3)13-19(34-2)14-22(24)36-28/h4-15,23,32H,1-3H3,(H2,29,30,31). The topological polar surface area (TPSA) is 109 Å². The van der Waals surface area contributed by atoms with E-state index in [-0.39, 0.29) is 5.95 Å². The Morgan fingerprint density at radius 1 is 0.917 bits per heavy atom. The summed E-state index contributed by atoms with van der Waals surface area (Å²) >= 11 is 0. The molecule has 3 N–H and O–H groups in total. The van der Waals surface area contributed by atoms with Gasteiger partial charge in [0, 0.05) is 29.5 Å². The molecule has 1 aliphatic carbocycles. The minimum atomic E-state index is -1.76. The van der Waals surface area contributed by atoms with Crippen molar-refractivity contribution in [3.05, 3.63) is 101 Å². The first-order valence-electron chi connectivity index (χ1n) is 11.5. The lowest BCUT2D eigenvalue weighted by Crippen LogP contribution is -2.49. The maximum Gasteiger partial charge on any atom is 0.220 e. The Balaban J connectivity index is 1.75. The highest BCUT2D eigenvalue weighted by Crippen LogP contribution is 2.69. The number of methoxy groups -OCH3 is 3. The third kappa shape index (κ3) is 2.73. The van der Waals surface area contributed by atoms with Gasteiger partial charge in [-0.3, -0.25) is 0 Å². The van der Waals surface area contributed by atoms with Crippen molar-refractivity contribution in [2.45, 2.75) is 17.1 Å². The number of nitrogens with two attached hydrogens (primary N) is 1. The van der Waals surface area contributed by atoms with Gasteiger partial charge in [-0.05, 0) is 17.7 Å². The highest BCUT2D eigenvalue weighted by atomic mass is 16.5. The summed E-state index contributed by atoms with van der Waals surface area (Å²) in [5.74, 6) is 1.66. The third-order valence-electron chi connectivity index (χ3n) is 7.21. The van der Waals surface area contributed by atoms with Crippen LogP contribution in [0.5, 0.6) is 23.0 Å². The van der Waals surface area contributed by atoms with Crippen LogP contribution in [-0.4, -0.2) is 36.4 Å². The fourth-order valence-corrected chi connectivity index (χ4v) is 5.73. The lowest BCUT2D eigenvalue weighted by atomic mass is 9.70. The average molecular weight is 484 g/mol. The fourth-order valence-electron chi connectivity index (χ4n) is 5.73. The van der Waals surface area contributed by atoms with Gasteiger partial charge >= 0.3 is 0 Å². The van der Waals surface area contributed by atoms with Gasteiger partial charge in [0.05, 0.1) is 38.5 Å². The number of anilines is 1. The zero-order chi connectivity index (χ0) is 25.1. The van der Waals surface area contributed by atoms with Gasteiger partial charge in [-0.25, -0.2) is 9.97 Å². The zero-order valence-electron chi connectivity index (χ0n) is 20.1. The molecule has 0 saturated carbocycles. The van der Waals surface area contributed by atoms with E-state index in [1.54, 1.807) is 39.7 Å². The number of nitrogen functional groups attached to an aromatic ring is 1. The average Bonchev–Trinajstić information content (AvgIpc) is 3.30. The van der Waals surface area contributed by atoms with Crippen LogP contribution < -0.4 is 24.7 Å². The number of hydrogen-bond donors (Lipinski definition) is 2. The maximum absolute atomic E-state index is 13.0. The predicted octanol–water partition coefficient (Wildman–Crippen LogP) is 3.75. The maximum atomic E-state index is 13.0. The Morgan fingerprint density at radius 2 is 1.64 bits per heavy atom. The number of hydrogen-bond acceptors (Lipinski definition) is 8. The molecule has 3 aromatic carbocycles. The van der Waals surface area contributed by atoms with Crippen molar-refractivity contribution in [2.75, 3.05) is 27.1 Å². The summed E-state index contributed by atoms with van der Waals surface area (Å²) in [6.45, 7) is 0. The number of benzene rings is 3. The Labute approximate surface area is 208 Å². The molecule has 1 aliphatic heterocycles. The number of fused-ring (bicyclic) bond motifs is 5. The number of rotatable bonds is 5. The van der Waals surface area contributed by atoms with E-state index in [1.807, 2.05) is 54.6 Å². The van der Waals surface area contributed by atoms with Gasteiger partial charge in [-0.1, -0.05) is 42.5 Å². The molecular formula is C28H25N3O5. The van der Waals surface area contributed by atoms with Crippen molar-refractivity contribution < 1.29 is 24.1 Å². The molecule has 0 radical (unpaired) electrons. The normalized spacial score (nSPS) is 23.3. The first kappa shape index (κ1) is 22.2. The molecule has 36 heavy (non-hydrogen) atoms. The molecule has 8 nitrogen and oxygen atoms in total. The number of aromatic nitrogens is 2. The minimum absolute atomic E-state index is 0.0560. The largest absolute Gasteiger partial charge is 0.497 e. The fraction of sp³-hybridized carbons (Fsp3) is 0.214. The lowest BCUT2D eigenvalue weighted by molar-refractivity contribution is -0.0909. The summed E-state index contributed by atoms with van der Waals surface area (Å²) in [4.78, 5) is 8.88. The number of aliphatic hydroxyl groups is 1. The van der Waals surface area contributed by atoms with Gasteiger partial charge in [-0.2, -0.15) is 0 Å². The second kappa shape index (κ2) is 7.86. The van der Waals surface area contributed by atoms with Crippen molar-refractivity contribution in [1.29, 1.82) is 0 Å². The van der Waals surface area contributed by atoms with Gasteiger partial charge in [0.15, 0.2) is 11.2 Å². The summed E-state index contributed by atoms with van der Waals surface area (Å²) in [6.07, 6.45) is 1.68. The second-order valence-electron chi connectivity index (χ2n) is 8.86. The summed E-state index contributed by atoms with van der Waals surface area (Å²) < 4.78 is 23.6. The summed E-state index contributed by atoms with van der Waals surface area (Å²) in [6, 6.07) is 20.8. The monoisotopic (exact) mass is 483 g/mol. The Morgan fingerprint density at radius 3 is 2.31 bits per heavy atom. The molecule has 3 atom stereocenters. The number of nitrogens with zero attached hydrogens (tertiary/aromatic N) is 2. The molecule has 6 rings (SSSR count). The number of ether oxygens (including phenoxy) is 4. The molecule has 1 aromatic heterocycles. The van der Waals surface area contributed by atoms with E-state index >= 15 is 0 Å². The molecule has 2 heterocycles. The van der Waals surface area contributed by atoms with E-state index in [2.05, 4.69) is 9.97 Å². The summed E-state index contributed by atoms with van der Waals surface area (Å²) in [5.41, 5.74) is 6.17. The van der Waals surface area contributed by atoms with Crippen LogP contribution in [-0.2, 0) is 11.2 Å². The first-order chi connectivity index (χ1) is 17.5. The van der Waals surface area contributed by atoms with Crippen LogP contribution >= 0.6 is 0 Å². The minimum Gasteiger partial charge on any atom is -0.497 e. The van der Waals surface area contributed by atoms with Gasteiger partial charge < -0.3 is 29.8 Å². The third-order valence-corrected chi connectivity index (χ3v) is 7.21. The van der Waals surface area contributed by atoms with E-state index in [4.69, 9.17) is 24.7 Å². The Bertz CT molecular complexity index is 1460. The van der Waals surface area contributed by atoms with Gasteiger partial charge in [0.2, 0.25) is 5.95 Å². The van der Waals surface area contributed by atoms with E-state index < -0.39 is 17.1 Å². The van der Waals surface area contributed by atoms with E-state index in [1.165, 1.54) is 0 Å². The van der Waals surface area contributed by atoms with Crippen molar-refractivity contribution in [2.24, 2.45) is 0 Å². The molecule has 0 amide bonds. The second-order valence-corrected chi connectivity index (χ2v) is 8.86. The van der Waals surface area contributed by atoms with Crippen LogP contribution in [0.2, 0.25) is 0 Å². The molecule has 0 spiro atoms. The highest BCUT2D eigenvalue weighted by Gasteiger charge is 2.73. The lowest BCUT2D eigenvalue weighted by Gasteiger charge is -2.40. The molecule has 182 valence electrons. The van der Waals surface area contributed by atoms with E-state index in [0.29, 0.717) is 34.3 Å². The molecule has 0 saturated heterocycles. The van der Waals surface area contributed by atoms with Crippen LogP contribution in [0.25, 0.3) is 0 Å². The van der Waals surface area contributed by atoms with Crippen molar-refractivity contribution in [3.8, 4) is 23.0 Å². The molecule has 2 aliphatic rings. The molecule has 0 bridgehead atoms. The molecule has 3 unspecified atom stereocenters. The molecule has 0 fully saturated rings. The van der Waals surface area contributed by atoms with Crippen LogP contribution in [0, 0.1) is 0 Å². The van der Waals surface area contributed by atoms with Crippen LogP contribution in [0.4, 0.5) is 5.95 Å². The Kier molecular flexibility index (Phi) is 4.84. The van der Waals surface area contributed by atoms with Crippen LogP contribution in [0.15, 0.2) is 72.9 Å². The van der Waals surface area contributed by atoms with Gasteiger partial charge in [0.1, 0.15) is 23.0 Å². The van der Waals surface area contributed by atoms with Crippen molar-refractivity contribution in [1.82, 2.24) is 9.97 Å². The smallest absolute Gasteiger partial charge is 0.220 e. The molecular weight excluding hydrogens is 458 g/mol. The quantitative estimate of drug-likeness (QED) is 0.442. The van der Waals surface area contributed by atoms with Crippen LogP contribution in [0.1, 0.15) is 33.9 Å². The summed E-state index contributed by atoms with van der Waals surface area (Å²) in [5, 5.41) is 13.0. The van der Waals surface area contributed by atoms with Crippen molar-refractivity contribution >= 4 is 5.95 Å². The molecule has 8 heteroatoms. The van der Waals surface area contributed by atoms with Gasteiger partial charge in [0.25, 0.3) is 0 Å². The highest BCUT2D eigenvalue weighted by molar-refractivity contribution is 5.68. The molecule has 4 aromatic rings. The van der Waals surface area contributed by atoms with E-state index in [0.717, 1.165) is 16.7 Å². The van der Waals surface area contributed by atoms with Gasteiger partial charge in [-0.15, -0.1) is 0 Å². The van der Waals surface area contributed by atoms with E-state index in [9.17, 15) is 5.11 Å². The zero-order valence-corrected chi connectivity index (χ0v) is 20.1. The predicted molar refractivity (Wildman–Crippen MR) is 133 cm³/mol. The SMILES string of the molecule is COc1ccc(C23Oc4cc(OC)cc(OC)c4C2(O)c2nc(N)ncc2C3c2ccccc2)cc1. The summed E-state index contributed by atoms with van der Waals surface area (Å²) in [7, 11) is 4.73. The van der Waals surface area contributed by atoms with Crippen LogP contribution in [0.3, 0.4) is 0 Å².